The molecule has 0 aromatic carbocycles. The first-order valence-corrected chi connectivity index (χ1v) is 8.21. The van der Waals surface area contributed by atoms with Gasteiger partial charge in [-0.3, -0.25) is 0 Å². The zero-order valence-corrected chi connectivity index (χ0v) is 13.7. The number of carbonyl (C=O) groups is 1. The Bertz CT molecular complexity index is 730. The lowest BCUT2D eigenvalue weighted by Gasteiger charge is -2.29. The quantitative estimate of drug-likeness (QED) is 0.812. The van der Waals surface area contributed by atoms with Crippen LogP contribution in [0.5, 0.6) is 0 Å². The number of urea groups is 1. The molecule has 2 aromatic rings. The average Bonchev–Trinajstić information content (AvgIpc) is 3.10. The number of aromatic nitrogens is 5. The van der Waals surface area contributed by atoms with Crippen molar-refractivity contribution in [2.75, 3.05) is 32.8 Å². The van der Waals surface area contributed by atoms with E-state index < -0.39 is 0 Å². The minimum Gasteiger partial charge on any atom is -0.378 e. The molecule has 132 valence electrons. The van der Waals surface area contributed by atoms with Crippen molar-refractivity contribution >= 4 is 6.03 Å². The summed E-state index contributed by atoms with van der Waals surface area (Å²) in [5, 5.41) is 11.3. The molecule has 0 bridgehead atoms. The largest absolute Gasteiger partial charge is 0.378 e. The van der Waals surface area contributed by atoms with Crippen molar-refractivity contribution in [2.24, 2.45) is 0 Å². The second kappa shape index (κ2) is 7.11. The van der Waals surface area contributed by atoms with Gasteiger partial charge in [-0.15, -0.1) is 5.10 Å². The zero-order valence-electron chi connectivity index (χ0n) is 13.7. The molecule has 4 heterocycles. The average molecular weight is 345 g/mol. The molecule has 2 amide bonds. The van der Waals surface area contributed by atoms with E-state index in [1.54, 1.807) is 17.3 Å². The summed E-state index contributed by atoms with van der Waals surface area (Å²) in [6, 6.07) is -0.0848. The Balaban J connectivity index is 1.36. The molecule has 10 heteroatoms. The van der Waals surface area contributed by atoms with Crippen LogP contribution in [0.25, 0.3) is 11.3 Å². The van der Waals surface area contributed by atoms with E-state index in [0.29, 0.717) is 46.0 Å². The number of rotatable bonds is 3. The summed E-state index contributed by atoms with van der Waals surface area (Å²) in [5.74, 6) is 0. The van der Waals surface area contributed by atoms with E-state index >= 15 is 0 Å². The summed E-state index contributed by atoms with van der Waals surface area (Å²) in [4.78, 5) is 21.9. The van der Waals surface area contributed by atoms with Crippen LogP contribution in [0.4, 0.5) is 4.79 Å². The maximum absolute atomic E-state index is 12.1. The van der Waals surface area contributed by atoms with Gasteiger partial charge in [0.05, 0.1) is 38.2 Å². The second-order valence-electron chi connectivity index (χ2n) is 5.91. The standard InChI is InChI=1S/C15H19N7O3/c23-15(21-1-3-24-4-2-21)18-7-12-8-22-13(9-25-12)14(19-20-22)11-5-16-10-17-6-11/h5-6,10,12H,1-4,7-9H2,(H,18,23)/t12-/m0/s1. The Kier molecular flexibility index (Phi) is 4.53. The highest BCUT2D eigenvalue weighted by atomic mass is 16.5. The number of morpholine rings is 1. The van der Waals surface area contributed by atoms with E-state index in [2.05, 4.69) is 25.6 Å². The molecule has 0 aliphatic carbocycles. The smallest absolute Gasteiger partial charge is 0.317 e. The van der Waals surface area contributed by atoms with Gasteiger partial charge in [-0.25, -0.2) is 19.4 Å². The first-order chi connectivity index (χ1) is 12.3. The van der Waals surface area contributed by atoms with Gasteiger partial charge in [-0.05, 0) is 0 Å². The molecule has 2 aromatic heterocycles. The van der Waals surface area contributed by atoms with Crippen molar-refractivity contribution < 1.29 is 14.3 Å². The number of fused-ring (bicyclic) bond motifs is 1. The molecule has 0 unspecified atom stereocenters. The second-order valence-corrected chi connectivity index (χ2v) is 5.91. The van der Waals surface area contributed by atoms with E-state index in [9.17, 15) is 4.79 Å². The number of nitrogens with one attached hydrogen (secondary N) is 1. The van der Waals surface area contributed by atoms with Crippen LogP contribution in [0.15, 0.2) is 18.7 Å². The van der Waals surface area contributed by atoms with Crippen LogP contribution in [-0.4, -0.2) is 74.8 Å². The summed E-state index contributed by atoms with van der Waals surface area (Å²) in [6.07, 6.45) is 4.74. The first kappa shape index (κ1) is 15.9. The molecule has 1 N–H and O–H groups in total. The lowest BCUT2D eigenvalue weighted by molar-refractivity contribution is 0.00111. The predicted molar refractivity (Wildman–Crippen MR) is 85.4 cm³/mol. The molecular formula is C15H19N7O3. The third-order valence-electron chi connectivity index (χ3n) is 4.28. The summed E-state index contributed by atoms with van der Waals surface area (Å²) in [5.41, 5.74) is 2.44. The monoisotopic (exact) mass is 345 g/mol. The van der Waals surface area contributed by atoms with E-state index in [4.69, 9.17) is 9.47 Å². The predicted octanol–water partition coefficient (Wildman–Crippen LogP) is -0.324. The van der Waals surface area contributed by atoms with Gasteiger partial charge in [0, 0.05) is 37.6 Å². The van der Waals surface area contributed by atoms with E-state index in [-0.39, 0.29) is 12.1 Å². The number of nitrogens with zero attached hydrogens (tertiary/aromatic N) is 6. The molecule has 0 radical (unpaired) electrons. The van der Waals surface area contributed by atoms with Crippen LogP contribution in [-0.2, 0) is 22.6 Å². The molecule has 1 atom stereocenters. The van der Waals surface area contributed by atoms with Gasteiger partial charge in [0.2, 0.25) is 0 Å². The zero-order chi connectivity index (χ0) is 17.1. The lowest BCUT2D eigenvalue weighted by atomic mass is 10.2. The highest BCUT2D eigenvalue weighted by Crippen LogP contribution is 2.23. The van der Waals surface area contributed by atoms with E-state index in [0.717, 1.165) is 17.0 Å². The van der Waals surface area contributed by atoms with Crippen LogP contribution >= 0.6 is 0 Å². The van der Waals surface area contributed by atoms with Crippen LogP contribution < -0.4 is 5.32 Å². The van der Waals surface area contributed by atoms with Gasteiger partial charge < -0.3 is 19.7 Å². The fraction of sp³-hybridized carbons (Fsp3) is 0.533. The van der Waals surface area contributed by atoms with Gasteiger partial charge in [-0.1, -0.05) is 5.21 Å². The SMILES string of the molecule is O=C(NC[C@H]1Cn2nnc(-c3cncnc3)c2CO1)N1CCOCC1. The van der Waals surface area contributed by atoms with Crippen molar-refractivity contribution in [3.8, 4) is 11.3 Å². The normalized spacial score (nSPS) is 20.2. The Hall–Kier alpha value is -2.59. The third-order valence-corrected chi connectivity index (χ3v) is 4.28. The summed E-state index contributed by atoms with van der Waals surface area (Å²) >= 11 is 0. The summed E-state index contributed by atoms with van der Waals surface area (Å²) in [6.45, 7) is 3.76. The van der Waals surface area contributed by atoms with Crippen LogP contribution in [0.1, 0.15) is 5.69 Å². The Morgan fingerprint density at radius 3 is 2.88 bits per heavy atom. The first-order valence-electron chi connectivity index (χ1n) is 8.21. The molecule has 4 rings (SSSR count). The molecule has 1 saturated heterocycles. The minimum atomic E-state index is -0.140. The number of carbonyl (C=O) groups excluding carboxylic acids is 1. The maximum atomic E-state index is 12.1. The van der Waals surface area contributed by atoms with Crippen molar-refractivity contribution in [1.82, 2.24) is 35.2 Å². The molecule has 2 aliphatic rings. The molecule has 0 spiro atoms. The van der Waals surface area contributed by atoms with Gasteiger partial charge in [-0.2, -0.15) is 0 Å². The maximum Gasteiger partial charge on any atom is 0.317 e. The Labute approximate surface area is 144 Å². The lowest BCUT2D eigenvalue weighted by Crippen LogP contribution is -2.49. The Morgan fingerprint density at radius 2 is 2.08 bits per heavy atom. The number of amides is 2. The number of hydrogen-bond donors (Lipinski definition) is 1. The summed E-state index contributed by atoms with van der Waals surface area (Å²) < 4.78 is 12.9. The molecular weight excluding hydrogens is 326 g/mol. The highest BCUT2D eigenvalue weighted by molar-refractivity contribution is 5.74. The van der Waals surface area contributed by atoms with Crippen molar-refractivity contribution in [3.63, 3.8) is 0 Å². The number of ether oxygens (including phenoxy) is 2. The van der Waals surface area contributed by atoms with Crippen molar-refractivity contribution in [2.45, 2.75) is 19.3 Å². The van der Waals surface area contributed by atoms with Crippen molar-refractivity contribution in [3.05, 3.63) is 24.4 Å². The topological polar surface area (TPSA) is 107 Å². The summed E-state index contributed by atoms with van der Waals surface area (Å²) in [7, 11) is 0. The van der Waals surface area contributed by atoms with Gasteiger partial charge in [0.15, 0.2) is 0 Å². The number of hydrogen-bond acceptors (Lipinski definition) is 7. The third kappa shape index (κ3) is 3.44. The molecule has 25 heavy (non-hydrogen) atoms. The molecule has 2 aliphatic heterocycles. The van der Waals surface area contributed by atoms with Crippen molar-refractivity contribution in [1.29, 1.82) is 0 Å². The Morgan fingerprint density at radius 1 is 1.28 bits per heavy atom. The van der Waals surface area contributed by atoms with Crippen LogP contribution in [0, 0.1) is 0 Å². The van der Waals surface area contributed by atoms with Gasteiger partial charge >= 0.3 is 6.03 Å². The van der Waals surface area contributed by atoms with Crippen LogP contribution in [0.2, 0.25) is 0 Å². The van der Waals surface area contributed by atoms with E-state index in [1.807, 2.05) is 4.68 Å². The molecule has 0 saturated carbocycles. The minimum absolute atomic E-state index is 0.0848. The molecule has 10 nitrogen and oxygen atoms in total. The van der Waals surface area contributed by atoms with Crippen LogP contribution in [0.3, 0.4) is 0 Å². The van der Waals surface area contributed by atoms with E-state index in [1.165, 1.54) is 6.33 Å². The fourth-order valence-corrected chi connectivity index (χ4v) is 2.91. The van der Waals surface area contributed by atoms with Gasteiger partial charge in [0.1, 0.15) is 12.0 Å². The fourth-order valence-electron chi connectivity index (χ4n) is 2.91. The molecule has 1 fully saturated rings. The highest BCUT2D eigenvalue weighted by Gasteiger charge is 2.25. The van der Waals surface area contributed by atoms with Gasteiger partial charge in [0.25, 0.3) is 0 Å².